The lowest BCUT2D eigenvalue weighted by atomic mass is 9.92. The van der Waals surface area contributed by atoms with Gasteiger partial charge in [-0.1, -0.05) is 0 Å². The number of nitrogens with zero attached hydrogens (tertiary/aromatic N) is 1. The van der Waals surface area contributed by atoms with Crippen molar-refractivity contribution in [3.63, 3.8) is 0 Å². The van der Waals surface area contributed by atoms with E-state index in [4.69, 9.17) is 33.4 Å². The fourth-order valence-electron chi connectivity index (χ4n) is 6.30. The quantitative estimate of drug-likeness (QED) is 0.197. The molecule has 226 valence electrons. The molecule has 7 nitrogen and oxygen atoms in total. The number of hydrogen-bond acceptors (Lipinski definition) is 7. The minimum Gasteiger partial charge on any atom is -0.497 e. The number of allylic oxidation sites excluding steroid dienone is 2. The molecule has 0 radical (unpaired) electrons. The number of ether oxygens (including phenoxy) is 6. The number of rotatable bonds is 9. The molecule has 1 heterocycles. The highest BCUT2D eigenvalue weighted by Gasteiger charge is 2.32. The second-order valence-corrected chi connectivity index (χ2v) is 10.8. The summed E-state index contributed by atoms with van der Waals surface area (Å²) in [5.41, 5.74) is 11.1. The van der Waals surface area contributed by atoms with E-state index in [-0.39, 0.29) is 0 Å². The molecule has 0 spiro atoms. The van der Waals surface area contributed by atoms with E-state index in [1.54, 1.807) is 42.7 Å². The Kier molecular flexibility index (Phi) is 8.20. The van der Waals surface area contributed by atoms with E-state index in [0.29, 0.717) is 0 Å². The minimum absolute atomic E-state index is 0.754. The van der Waals surface area contributed by atoms with Gasteiger partial charge in [0, 0.05) is 34.9 Å². The Morgan fingerprint density at radius 3 is 1.36 bits per heavy atom. The minimum atomic E-state index is 0.754. The molecule has 44 heavy (non-hydrogen) atoms. The summed E-state index contributed by atoms with van der Waals surface area (Å²) in [6, 6.07) is 17.9. The third-order valence-electron chi connectivity index (χ3n) is 8.51. The van der Waals surface area contributed by atoms with Crippen molar-refractivity contribution in [3.05, 3.63) is 88.2 Å². The molecule has 6 rings (SSSR count). The van der Waals surface area contributed by atoms with Crippen LogP contribution < -0.4 is 28.4 Å². The molecule has 1 aromatic heterocycles. The molecule has 0 N–H and O–H groups in total. The number of aromatic nitrogens is 1. The molecular weight excluding hydrogens is 554 g/mol. The molecule has 0 saturated carbocycles. The lowest BCUT2D eigenvalue weighted by molar-refractivity contribution is 0.393. The summed E-state index contributed by atoms with van der Waals surface area (Å²) < 4.78 is 33.7. The van der Waals surface area contributed by atoms with Gasteiger partial charge < -0.3 is 28.4 Å². The first-order valence-corrected chi connectivity index (χ1v) is 14.7. The van der Waals surface area contributed by atoms with Gasteiger partial charge in [0.1, 0.15) is 34.5 Å². The predicted molar refractivity (Wildman–Crippen MR) is 174 cm³/mol. The number of hydrogen-bond donors (Lipinski definition) is 0. The van der Waals surface area contributed by atoms with Crippen molar-refractivity contribution >= 4 is 23.3 Å². The van der Waals surface area contributed by atoms with E-state index in [9.17, 15) is 0 Å². The average Bonchev–Trinajstić information content (AvgIpc) is 3.67. The van der Waals surface area contributed by atoms with Crippen LogP contribution in [0.5, 0.6) is 34.5 Å². The van der Waals surface area contributed by atoms with Gasteiger partial charge in [0.25, 0.3) is 0 Å². The van der Waals surface area contributed by atoms with Gasteiger partial charge in [-0.2, -0.15) is 0 Å². The summed E-state index contributed by atoms with van der Waals surface area (Å²) in [7, 11) is 10.1. The van der Waals surface area contributed by atoms with E-state index in [0.717, 1.165) is 88.3 Å². The highest BCUT2D eigenvalue weighted by molar-refractivity contribution is 5.95. The van der Waals surface area contributed by atoms with E-state index < -0.39 is 0 Å². The fourth-order valence-corrected chi connectivity index (χ4v) is 6.30. The van der Waals surface area contributed by atoms with Crippen molar-refractivity contribution in [3.8, 4) is 45.6 Å². The SMILES string of the molecule is COc1ccc(/C=C2\CCc3c2nc2c(c3-c3ccc(OC)cc3OC)CC/C2=C\c2ccc(OC)cc2OC)c(OC)c1. The van der Waals surface area contributed by atoms with Crippen LogP contribution in [0.4, 0.5) is 0 Å². The van der Waals surface area contributed by atoms with Crippen molar-refractivity contribution in [1.29, 1.82) is 0 Å². The summed E-state index contributed by atoms with van der Waals surface area (Å²) in [6.07, 6.45) is 7.91. The number of fused-ring (bicyclic) bond motifs is 2. The maximum atomic E-state index is 5.92. The van der Waals surface area contributed by atoms with Crippen molar-refractivity contribution in [2.24, 2.45) is 0 Å². The Bertz CT molecular complexity index is 1690. The van der Waals surface area contributed by atoms with Crippen molar-refractivity contribution in [1.82, 2.24) is 4.98 Å². The highest BCUT2D eigenvalue weighted by Crippen LogP contribution is 2.49. The van der Waals surface area contributed by atoms with Gasteiger partial charge in [-0.05, 0) is 102 Å². The molecule has 0 aliphatic heterocycles. The number of methoxy groups -OCH3 is 6. The lowest BCUT2D eigenvalue weighted by Gasteiger charge is -2.18. The molecule has 0 bridgehead atoms. The summed E-state index contributed by atoms with van der Waals surface area (Å²) >= 11 is 0. The maximum Gasteiger partial charge on any atom is 0.130 e. The zero-order valence-electron chi connectivity index (χ0n) is 26.1. The van der Waals surface area contributed by atoms with Crippen LogP contribution in [0.3, 0.4) is 0 Å². The monoisotopic (exact) mass is 591 g/mol. The van der Waals surface area contributed by atoms with E-state index in [2.05, 4.69) is 18.2 Å². The largest absolute Gasteiger partial charge is 0.497 e. The molecule has 4 aromatic rings. The number of benzene rings is 3. The van der Waals surface area contributed by atoms with Gasteiger partial charge in [0.15, 0.2) is 0 Å². The van der Waals surface area contributed by atoms with Gasteiger partial charge in [-0.3, -0.25) is 0 Å². The Morgan fingerprint density at radius 1 is 0.500 bits per heavy atom. The van der Waals surface area contributed by atoms with Crippen LogP contribution in [0.1, 0.15) is 46.5 Å². The van der Waals surface area contributed by atoms with Crippen molar-refractivity contribution < 1.29 is 28.4 Å². The highest BCUT2D eigenvalue weighted by atomic mass is 16.5. The lowest BCUT2D eigenvalue weighted by Crippen LogP contribution is -2.02. The molecule has 0 amide bonds. The normalized spacial score (nSPS) is 15.2. The van der Waals surface area contributed by atoms with Gasteiger partial charge in [-0.15, -0.1) is 0 Å². The van der Waals surface area contributed by atoms with Crippen LogP contribution in [0.15, 0.2) is 54.6 Å². The van der Waals surface area contributed by atoms with Gasteiger partial charge in [-0.25, -0.2) is 4.98 Å². The zero-order valence-corrected chi connectivity index (χ0v) is 26.1. The number of pyridine rings is 1. The Hall–Kier alpha value is -4.91. The molecule has 0 saturated heterocycles. The maximum absolute atomic E-state index is 5.92. The first-order valence-electron chi connectivity index (χ1n) is 14.7. The van der Waals surface area contributed by atoms with E-state index in [1.807, 2.05) is 48.5 Å². The Labute approximate surface area is 258 Å². The standard InChI is InChI=1S/C37H37NO6/c1-39-26-11-7-22(32(19-26)42-4)17-24-9-14-30-35(29-16-13-28(41-3)21-34(29)44-6)31-15-10-25(37(31)38-36(24)30)18-23-8-12-27(40-2)20-33(23)43-5/h7-8,11-13,16-21H,9-10,14-15H2,1-6H3/b24-17+,25-18+. The topological polar surface area (TPSA) is 68.3 Å². The summed E-state index contributed by atoms with van der Waals surface area (Å²) in [6.45, 7) is 0. The summed E-state index contributed by atoms with van der Waals surface area (Å²) in [5.74, 6) is 4.57. The molecule has 0 fully saturated rings. The predicted octanol–water partition coefficient (Wildman–Crippen LogP) is 7.77. The van der Waals surface area contributed by atoms with Crippen molar-refractivity contribution in [2.45, 2.75) is 25.7 Å². The van der Waals surface area contributed by atoms with Crippen LogP contribution in [-0.2, 0) is 12.8 Å². The summed E-state index contributed by atoms with van der Waals surface area (Å²) in [4.78, 5) is 5.41. The van der Waals surface area contributed by atoms with Crippen LogP contribution >= 0.6 is 0 Å². The van der Waals surface area contributed by atoms with Crippen LogP contribution in [0.25, 0.3) is 34.4 Å². The average molecular weight is 592 g/mol. The second kappa shape index (κ2) is 12.4. The molecule has 2 aliphatic carbocycles. The van der Waals surface area contributed by atoms with Gasteiger partial charge in [0.05, 0.1) is 54.0 Å². The van der Waals surface area contributed by atoms with Crippen LogP contribution in [0.2, 0.25) is 0 Å². The first-order chi connectivity index (χ1) is 21.5. The van der Waals surface area contributed by atoms with Gasteiger partial charge in [0.2, 0.25) is 0 Å². The molecule has 2 aliphatic rings. The van der Waals surface area contributed by atoms with E-state index >= 15 is 0 Å². The molecular formula is C37H37NO6. The Balaban J connectivity index is 1.56. The van der Waals surface area contributed by atoms with Gasteiger partial charge >= 0.3 is 0 Å². The Morgan fingerprint density at radius 2 is 0.932 bits per heavy atom. The van der Waals surface area contributed by atoms with Crippen LogP contribution in [0, 0.1) is 0 Å². The molecule has 0 atom stereocenters. The molecule has 7 heteroatoms. The molecule has 3 aromatic carbocycles. The second-order valence-electron chi connectivity index (χ2n) is 10.8. The third kappa shape index (κ3) is 5.23. The van der Waals surface area contributed by atoms with E-state index in [1.165, 1.54) is 27.8 Å². The zero-order chi connectivity index (χ0) is 30.8. The third-order valence-corrected chi connectivity index (χ3v) is 8.51. The molecule has 0 unspecified atom stereocenters. The first kappa shape index (κ1) is 29.2. The van der Waals surface area contributed by atoms with Crippen molar-refractivity contribution in [2.75, 3.05) is 42.7 Å². The fraction of sp³-hybridized carbons (Fsp3) is 0.270. The summed E-state index contributed by atoms with van der Waals surface area (Å²) in [5, 5.41) is 0. The van der Waals surface area contributed by atoms with Crippen LogP contribution in [-0.4, -0.2) is 47.6 Å². The smallest absolute Gasteiger partial charge is 0.130 e.